The van der Waals surface area contributed by atoms with E-state index in [1.165, 1.54) is 0 Å². The van der Waals surface area contributed by atoms with E-state index in [0.717, 1.165) is 35.4 Å². The van der Waals surface area contributed by atoms with Crippen molar-refractivity contribution in [1.82, 2.24) is 5.32 Å². The summed E-state index contributed by atoms with van der Waals surface area (Å²) in [5.74, 6) is 0.840. The number of rotatable bonds is 9. The van der Waals surface area contributed by atoms with Crippen molar-refractivity contribution >= 4 is 17.5 Å². The third kappa shape index (κ3) is 6.06. The quantitative estimate of drug-likeness (QED) is 0.675. The largest absolute Gasteiger partial charge is 0.497 e. The number of benzene rings is 2. The summed E-state index contributed by atoms with van der Waals surface area (Å²) in [6.07, 6.45) is 1.37. The number of ether oxygens (including phenoxy) is 2. The molecule has 0 radical (unpaired) electrons. The van der Waals surface area contributed by atoms with E-state index in [2.05, 4.69) is 10.6 Å². The van der Waals surface area contributed by atoms with E-state index >= 15 is 0 Å². The summed E-state index contributed by atoms with van der Waals surface area (Å²) in [6, 6.07) is 15.0. The lowest BCUT2D eigenvalue weighted by molar-refractivity contribution is -0.133. The fourth-order valence-electron chi connectivity index (χ4n) is 2.92. The van der Waals surface area contributed by atoms with Gasteiger partial charge in [-0.2, -0.15) is 0 Å². The molecule has 2 unspecified atom stereocenters. The van der Waals surface area contributed by atoms with Gasteiger partial charge >= 0.3 is 0 Å². The van der Waals surface area contributed by atoms with Crippen molar-refractivity contribution in [3.63, 3.8) is 0 Å². The molecule has 1 fully saturated rings. The van der Waals surface area contributed by atoms with Crippen LogP contribution in [0.3, 0.4) is 0 Å². The number of nitrogens with one attached hydrogen (secondary N) is 2. The molecule has 1 aliphatic rings. The van der Waals surface area contributed by atoms with Crippen molar-refractivity contribution < 1.29 is 19.1 Å². The molecule has 154 valence electrons. The highest BCUT2D eigenvalue weighted by Gasteiger charge is 2.29. The topological polar surface area (TPSA) is 76.7 Å². The lowest BCUT2D eigenvalue weighted by Gasteiger charge is -2.19. The number of carbonyl (C=O) groups is 2. The van der Waals surface area contributed by atoms with Gasteiger partial charge in [0.1, 0.15) is 11.9 Å². The van der Waals surface area contributed by atoms with Gasteiger partial charge in [0, 0.05) is 11.6 Å². The van der Waals surface area contributed by atoms with Gasteiger partial charge in [0.2, 0.25) is 11.8 Å². The van der Waals surface area contributed by atoms with Crippen molar-refractivity contribution in [2.24, 2.45) is 5.92 Å². The van der Waals surface area contributed by atoms with Gasteiger partial charge < -0.3 is 20.1 Å². The predicted molar refractivity (Wildman–Crippen MR) is 112 cm³/mol. The van der Waals surface area contributed by atoms with E-state index in [4.69, 9.17) is 9.47 Å². The van der Waals surface area contributed by atoms with Crippen LogP contribution in [0.2, 0.25) is 0 Å². The first-order valence-corrected chi connectivity index (χ1v) is 9.92. The normalized spacial score (nSPS) is 15.3. The summed E-state index contributed by atoms with van der Waals surface area (Å²) in [4.78, 5) is 24.3. The third-order valence-electron chi connectivity index (χ3n) is 4.99. The Bertz CT molecular complexity index is 846. The van der Waals surface area contributed by atoms with Crippen LogP contribution in [0, 0.1) is 5.92 Å². The Morgan fingerprint density at radius 3 is 2.48 bits per heavy atom. The minimum absolute atomic E-state index is 0.0844. The number of methoxy groups -OCH3 is 1. The predicted octanol–water partition coefficient (Wildman–Crippen LogP) is 3.83. The standard InChI is InChI=1S/C23H28N2O4/c1-15(18-9-11-20(12-10-18)25-23(27)19-7-8-19)24-22(26)16(2)29-14-17-5-4-6-21(13-17)28-3/h4-6,9-13,15-16,19H,7-8,14H2,1-3H3,(H,24,26)(H,25,27). The van der Waals surface area contributed by atoms with Gasteiger partial charge in [0.05, 0.1) is 19.8 Å². The molecule has 2 atom stereocenters. The molecule has 2 N–H and O–H groups in total. The molecule has 29 heavy (non-hydrogen) atoms. The summed E-state index contributed by atoms with van der Waals surface area (Å²) < 4.78 is 10.9. The Balaban J connectivity index is 1.47. The minimum atomic E-state index is -0.583. The molecule has 2 aromatic carbocycles. The van der Waals surface area contributed by atoms with Gasteiger partial charge in [-0.3, -0.25) is 9.59 Å². The summed E-state index contributed by atoms with van der Waals surface area (Å²) >= 11 is 0. The molecule has 2 aromatic rings. The van der Waals surface area contributed by atoms with Crippen LogP contribution in [0.25, 0.3) is 0 Å². The average molecular weight is 396 g/mol. The zero-order valence-electron chi connectivity index (χ0n) is 17.1. The lowest BCUT2D eigenvalue weighted by atomic mass is 10.1. The van der Waals surface area contributed by atoms with E-state index in [1.807, 2.05) is 55.5 Å². The fourth-order valence-corrected chi connectivity index (χ4v) is 2.92. The van der Waals surface area contributed by atoms with Crippen molar-refractivity contribution in [2.75, 3.05) is 12.4 Å². The minimum Gasteiger partial charge on any atom is -0.497 e. The number of hydrogen-bond acceptors (Lipinski definition) is 4. The lowest BCUT2D eigenvalue weighted by Crippen LogP contribution is -2.36. The van der Waals surface area contributed by atoms with E-state index < -0.39 is 6.10 Å². The highest BCUT2D eigenvalue weighted by molar-refractivity contribution is 5.94. The molecular weight excluding hydrogens is 368 g/mol. The summed E-state index contributed by atoms with van der Waals surface area (Å²) in [5, 5.41) is 5.88. The first kappa shape index (κ1) is 20.9. The molecular formula is C23H28N2O4. The van der Waals surface area contributed by atoms with Crippen molar-refractivity contribution in [3.05, 3.63) is 59.7 Å². The first-order chi connectivity index (χ1) is 14.0. The summed E-state index contributed by atoms with van der Waals surface area (Å²) in [7, 11) is 1.62. The van der Waals surface area contributed by atoms with E-state index in [9.17, 15) is 9.59 Å². The Labute approximate surface area is 171 Å². The van der Waals surface area contributed by atoms with Crippen LogP contribution in [-0.2, 0) is 20.9 Å². The Morgan fingerprint density at radius 1 is 1.10 bits per heavy atom. The number of hydrogen-bond donors (Lipinski definition) is 2. The molecule has 0 aliphatic heterocycles. The molecule has 2 amide bonds. The second-order valence-corrected chi connectivity index (χ2v) is 7.42. The number of carbonyl (C=O) groups excluding carboxylic acids is 2. The van der Waals surface area contributed by atoms with Crippen LogP contribution in [0.5, 0.6) is 5.75 Å². The van der Waals surface area contributed by atoms with Gasteiger partial charge in [0.15, 0.2) is 0 Å². The van der Waals surface area contributed by atoms with Gasteiger partial charge in [0.25, 0.3) is 0 Å². The fraction of sp³-hybridized carbons (Fsp3) is 0.391. The van der Waals surface area contributed by atoms with Crippen LogP contribution in [-0.4, -0.2) is 25.0 Å². The highest BCUT2D eigenvalue weighted by Crippen LogP contribution is 2.30. The maximum Gasteiger partial charge on any atom is 0.249 e. The third-order valence-corrected chi connectivity index (χ3v) is 4.99. The Hall–Kier alpha value is -2.86. The highest BCUT2D eigenvalue weighted by atomic mass is 16.5. The number of anilines is 1. The summed E-state index contributed by atoms with van der Waals surface area (Å²) in [6.45, 7) is 3.98. The SMILES string of the molecule is COc1cccc(COC(C)C(=O)NC(C)c2ccc(NC(=O)C3CC3)cc2)c1. The zero-order chi connectivity index (χ0) is 20.8. The molecule has 0 bridgehead atoms. The van der Waals surface area contributed by atoms with Crippen LogP contribution in [0.15, 0.2) is 48.5 Å². The van der Waals surface area contributed by atoms with Crippen molar-refractivity contribution in [3.8, 4) is 5.75 Å². The monoisotopic (exact) mass is 396 g/mol. The van der Waals surface area contributed by atoms with Crippen LogP contribution in [0.4, 0.5) is 5.69 Å². The molecule has 0 aromatic heterocycles. The molecule has 1 saturated carbocycles. The van der Waals surface area contributed by atoms with E-state index in [-0.39, 0.29) is 23.8 Å². The summed E-state index contributed by atoms with van der Waals surface area (Å²) in [5.41, 5.74) is 2.68. The van der Waals surface area contributed by atoms with Crippen molar-refractivity contribution in [2.45, 2.75) is 45.4 Å². The first-order valence-electron chi connectivity index (χ1n) is 9.92. The van der Waals surface area contributed by atoms with Crippen LogP contribution in [0.1, 0.15) is 43.9 Å². The van der Waals surface area contributed by atoms with Gasteiger partial charge in [-0.25, -0.2) is 0 Å². The maximum atomic E-state index is 12.4. The van der Waals surface area contributed by atoms with Crippen LogP contribution < -0.4 is 15.4 Å². The van der Waals surface area contributed by atoms with E-state index in [0.29, 0.717) is 6.61 Å². The van der Waals surface area contributed by atoms with Gasteiger partial charge in [-0.05, 0) is 62.1 Å². The molecule has 6 nitrogen and oxygen atoms in total. The second-order valence-electron chi connectivity index (χ2n) is 7.42. The van der Waals surface area contributed by atoms with Crippen molar-refractivity contribution in [1.29, 1.82) is 0 Å². The molecule has 0 spiro atoms. The molecule has 0 saturated heterocycles. The van der Waals surface area contributed by atoms with E-state index in [1.54, 1.807) is 14.0 Å². The maximum absolute atomic E-state index is 12.4. The zero-order valence-corrected chi connectivity index (χ0v) is 17.1. The Kier molecular flexibility index (Phi) is 6.88. The second kappa shape index (κ2) is 9.56. The van der Waals surface area contributed by atoms with Gasteiger partial charge in [-0.15, -0.1) is 0 Å². The smallest absolute Gasteiger partial charge is 0.249 e. The Morgan fingerprint density at radius 2 is 1.83 bits per heavy atom. The number of amides is 2. The van der Waals surface area contributed by atoms with Crippen LogP contribution >= 0.6 is 0 Å². The average Bonchev–Trinajstić information content (AvgIpc) is 3.58. The molecule has 3 rings (SSSR count). The molecule has 6 heteroatoms. The molecule has 1 aliphatic carbocycles. The van der Waals surface area contributed by atoms with Gasteiger partial charge in [-0.1, -0.05) is 24.3 Å². The molecule has 0 heterocycles.